The van der Waals surface area contributed by atoms with Crippen molar-refractivity contribution in [3.05, 3.63) is 74.6 Å². The molecule has 0 spiro atoms. The van der Waals surface area contributed by atoms with E-state index < -0.39 is 6.04 Å². The lowest BCUT2D eigenvalue weighted by Gasteiger charge is -2.25. The molecule has 0 unspecified atom stereocenters. The van der Waals surface area contributed by atoms with E-state index in [1.165, 1.54) is 11.0 Å². The van der Waals surface area contributed by atoms with Crippen LogP contribution in [0.25, 0.3) is 11.0 Å². The number of fused-ring (bicyclic) bond motifs is 2. The minimum absolute atomic E-state index is 0.0359. The van der Waals surface area contributed by atoms with E-state index in [2.05, 4.69) is 0 Å². The molecule has 1 aliphatic rings. The summed E-state index contributed by atoms with van der Waals surface area (Å²) in [5.41, 5.74) is 2.81. The molecule has 0 radical (unpaired) electrons. The number of rotatable bonds is 4. The van der Waals surface area contributed by atoms with Crippen LogP contribution in [-0.2, 0) is 0 Å². The maximum Gasteiger partial charge on any atom is 0.290 e. The lowest BCUT2D eigenvalue weighted by Crippen LogP contribution is -2.31. The monoisotopic (exact) mass is 379 g/mol. The minimum Gasteiger partial charge on any atom is -0.508 e. The second-order valence-corrected chi connectivity index (χ2v) is 7.20. The Hall–Kier alpha value is -3.12. The summed E-state index contributed by atoms with van der Waals surface area (Å²) in [7, 11) is 0. The highest BCUT2D eigenvalue weighted by Crippen LogP contribution is 2.39. The Morgan fingerprint density at radius 3 is 2.64 bits per heavy atom. The van der Waals surface area contributed by atoms with Crippen LogP contribution in [-0.4, -0.2) is 34.2 Å². The van der Waals surface area contributed by atoms with Gasteiger partial charge in [0.1, 0.15) is 11.3 Å². The van der Waals surface area contributed by atoms with Crippen molar-refractivity contribution in [3.63, 3.8) is 0 Å². The van der Waals surface area contributed by atoms with E-state index in [9.17, 15) is 19.8 Å². The first-order valence-corrected chi connectivity index (χ1v) is 9.21. The van der Waals surface area contributed by atoms with Gasteiger partial charge in [-0.1, -0.05) is 18.2 Å². The Kier molecular flexibility index (Phi) is 4.43. The molecule has 1 amide bonds. The van der Waals surface area contributed by atoms with E-state index in [0.717, 1.165) is 11.1 Å². The van der Waals surface area contributed by atoms with Crippen molar-refractivity contribution >= 4 is 16.9 Å². The van der Waals surface area contributed by atoms with Gasteiger partial charge in [0.15, 0.2) is 5.43 Å². The van der Waals surface area contributed by atoms with Gasteiger partial charge in [-0.15, -0.1) is 0 Å². The largest absolute Gasteiger partial charge is 0.508 e. The average molecular weight is 379 g/mol. The predicted octanol–water partition coefficient (Wildman–Crippen LogP) is 3.04. The van der Waals surface area contributed by atoms with Gasteiger partial charge in [0.2, 0.25) is 5.76 Å². The standard InChI is InChI=1S/C22H21NO5/c1-12-9-13(2)17-16(10-12)28-21-18(20(17)26)19(14-5-3-6-15(25)11-14)23(22(21)27)7-4-8-24/h3,5-6,9-11,19,24-25H,4,7-8H2,1-2H3/t19-/m1/s1. The van der Waals surface area contributed by atoms with Crippen LogP contribution in [0.15, 0.2) is 45.6 Å². The van der Waals surface area contributed by atoms with E-state index in [0.29, 0.717) is 23.0 Å². The summed E-state index contributed by atoms with van der Waals surface area (Å²) < 4.78 is 5.93. The second kappa shape index (κ2) is 6.80. The molecule has 6 nitrogen and oxygen atoms in total. The van der Waals surface area contributed by atoms with Gasteiger partial charge in [-0.2, -0.15) is 0 Å². The fourth-order valence-electron chi connectivity index (χ4n) is 4.03. The first-order chi connectivity index (χ1) is 13.4. The van der Waals surface area contributed by atoms with Crippen molar-refractivity contribution < 1.29 is 19.4 Å². The zero-order chi connectivity index (χ0) is 20.0. The van der Waals surface area contributed by atoms with Crippen LogP contribution in [0.3, 0.4) is 0 Å². The fourth-order valence-corrected chi connectivity index (χ4v) is 4.03. The molecule has 1 aromatic heterocycles. The Balaban J connectivity index is 2.01. The summed E-state index contributed by atoms with van der Waals surface area (Å²) >= 11 is 0. The molecule has 1 atom stereocenters. The molecular formula is C22H21NO5. The number of amides is 1. The van der Waals surface area contributed by atoms with E-state index in [-0.39, 0.29) is 41.6 Å². The number of aliphatic hydroxyl groups excluding tert-OH is 1. The smallest absolute Gasteiger partial charge is 0.290 e. The third-order valence-electron chi connectivity index (χ3n) is 5.16. The highest BCUT2D eigenvalue weighted by molar-refractivity contribution is 5.99. The Morgan fingerprint density at radius 2 is 1.93 bits per heavy atom. The zero-order valence-corrected chi connectivity index (χ0v) is 15.7. The number of aliphatic hydroxyl groups is 1. The number of hydrogen-bond donors (Lipinski definition) is 2. The molecule has 0 fully saturated rings. The summed E-state index contributed by atoms with van der Waals surface area (Å²) in [6.07, 6.45) is 0.376. The number of nitrogens with zero attached hydrogens (tertiary/aromatic N) is 1. The van der Waals surface area contributed by atoms with Crippen LogP contribution in [0.2, 0.25) is 0 Å². The summed E-state index contributed by atoms with van der Waals surface area (Å²) in [4.78, 5) is 28.1. The van der Waals surface area contributed by atoms with E-state index in [1.54, 1.807) is 24.3 Å². The Morgan fingerprint density at radius 1 is 1.14 bits per heavy atom. The highest BCUT2D eigenvalue weighted by Gasteiger charge is 2.42. The number of phenolic OH excluding ortho intramolecular Hbond substituents is 1. The molecular weight excluding hydrogens is 358 g/mol. The van der Waals surface area contributed by atoms with Crippen LogP contribution in [0.1, 0.15) is 45.3 Å². The molecule has 2 heterocycles. The van der Waals surface area contributed by atoms with Gasteiger partial charge >= 0.3 is 0 Å². The van der Waals surface area contributed by atoms with Crippen LogP contribution in [0, 0.1) is 13.8 Å². The molecule has 1 aliphatic heterocycles. The van der Waals surface area contributed by atoms with Crippen LogP contribution < -0.4 is 5.43 Å². The van der Waals surface area contributed by atoms with Crippen LogP contribution in [0.4, 0.5) is 0 Å². The quantitative estimate of drug-likeness (QED) is 0.727. The van der Waals surface area contributed by atoms with Crippen molar-refractivity contribution in [1.82, 2.24) is 4.90 Å². The molecule has 4 rings (SSSR count). The third-order valence-corrected chi connectivity index (χ3v) is 5.16. The molecule has 0 bridgehead atoms. The zero-order valence-electron chi connectivity index (χ0n) is 15.7. The number of benzene rings is 2. The third kappa shape index (κ3) is 2.77. The molecule has 2 aromatic carbocycles. The topological polar surface area (TPSA) is 91.0 Å². The van der Waals surface area contributed by atoms with Gasteiger partial charge in [-0.3, -0.25) is 9.59 Å². The molecule has 3 aromatic rings. The number of aromatic hydroxyl groups is 1. The van der Waals surface area contributed by atoms with Gasteiger partial charge in [0, 0.05) is 13.2 Å². The average Bonchev–Trinajstić information content (AvgIpc) is 2.92. The van der Waals surface area contributed by atoms with Crippen molar-refractivity contribution in [2.45, 2.75) is 26.3 Å². The van der Waals surface area contributed by atoms with Crippen molar-refractivity contribution in [2.24, 2.45) is 0 Å². The van der Waals surface area contributed by atoms with E-state index in [1.807, 2.05) is 19.9 Å². The highest BCUT2D eigenvalue weighted by atomic mass is 16.3. The first-order valence-electron chi connectivity index (χ1n) is 9.21. The summed E-state index contributed by atoms with van der Waals surface area (Å²) in [5.74, 6) is -0.291. The maximum absolute atomic E-state index is 13.4. The molecule has 2 N–H and O–H groups in total. The van der Waals surface area contributed by atoms with Gasteiger partial charge in [0.05, 0.1) is 17.0 Å². The number of aryl methyl sites for hydroxylation is 2. The molecule has 6 heteroatoms. The lowest BCUT2D eigenvalue weighted by molar-refractivity contribution is 0.0716. The Bertz CT molecular complexity index is 1150. The van der Waals surface area contributed by atoms with Crippen molar-refractivity contribution in [2.75, 3.05) is 13.2 Å². The Labute approximate surface area is 161 Å². The summed E-state index contributed by atoms with van der Waals surface area (Å²) in [6, 6.07) is 9.54. The SMILES string of the molecule is Cc1cc(C)c2c(=O)c3c(oc2c1)C(=O)N(CCCO)[C@@H]3c1cccc(O)c1. The van der Waals surface area contributed by atoms with Crippen LogP contribution in [0.5, 0.6) is 5.75 Å². The van der Waals surface area contributed by atoms with E-state index >= 15 is 0 Å². The summed E-state index contributed by atoms with van der Waals surface area (Å²) in [6.45, 7) is 3.95. The minimum atomic E-state index is -0.664. The summed E-state index contributed by atoms with van der Waals surface area (Å²) in [5, 5.41) is 19.6. The first kappa shape index (κ1) is 18.3. The van der Waals surface area contributed by atoms with E-state index in [4.69, 9.17) is 4.42 Å². The molecule has 0 saturated carbocycles. The number of carbonyl (C=O) groups excluding carboxylic acids is 1. The fraction of sp³-hybridized carbons (Fsp3) is 0.273. The van der Waals surface area contributed by atoms with Gasteiger partial charge in [-0.25, -0.2) is 0 Å². The maximum atomic E-state index is 13.4. The molecule has 0 aliphatic carbocycles. The number of carbonyl (C=O) groups is 1. The van der Waals surface area contributed by atoms with Gasteiger partial charge in [0.25, 0.3) is 5.91 Å². The molecule has 0 saturated heterocycles. The predicted molar refractivity (Wildman–Crippen MR) is 105 cm³/mol. The molecule has 28 heavy (non-hydrogen) atoms. The van der Waals surface area contributed by atoms with Crippen molar-refractivity contribution in [1.29, 1.82) is 0 Å². The van der Waals surface area contributed by atoms with Crippen molar-refractivity contribution in [3.8, 4) is 5.75 Å². The van der Waals surface area contributed by atoms with Gasteiger partial charge < -0.3 is 19.5 Å². The number of phenols is 1. The van der Waals surface area contributed by atoms with Crippen LogP contribution >= 0.6 is 0 Å². The second-order valence-electron chi connectivity index (χ2n) is 7.20. The normalized spacial score (nSPS) is 16.0. The molecule has 144 valence electrons. The van der Waals surface area contributed by atoms with Gasteiger partial charge in [-0.05, 0) is 55.2 Å². The number of hydrogen-bond acceptors (Lipinski definition) is 5. The lowest BCUT2D eigenvalue weighted by atomic mass is 9.96.